The molecular formula is C19H17Cl2NO. The zero-order chi connectivity index (χ0) is 16.6. The van der Waals surface area contributed by atoms with Gasteiger partial charge < -0.3 is 5.32 Å². The summed E-state index contributed by atoms with van der Waals surface area (Å²) in [5, 5.41) is 4.46. The predicted molar refractivity (Wildman–Crippen MR) is 96.1 cm³/mol. The van der Waals surface area contributed by atoms with E-state index < -0.39 is 0 Å². The van der Waals surface area contributed by atoms with Crippen LogP contribution in [-0.4, -0.2) is 11.3 Å². The van der Waals surface area contributed by atoms with Gasteiger partial charge >= 0.3 is 0 Å². The zero-order valence-electron chi connectivity index (χ0n) is 13.0. The number of carbonyl (C=O) groups excluding carboxylic acids is 1. The molecule has 0 spiro atoms. The van der Waals surface area contributed by atoms with E-state index in [1.807, 2.05) is 42.5 Å². The number of carbonyl (C=O) groups is 1. The van der Waals surface area contributed by atoms with Gasteiger partial charge in [0.15, 0.2) is 5.78 Å². The Morgan fingerprint density at radius 3 is 2.48 bits per heavy atom. The number of ketones is 1. The SMILES string of the molecule is CC1(C)Cc2cc(Cl)c(Cl)cc2C(=CC(=O)c2ccccc2)N1. The molecule has 1 heterocycles. The van der Waals surface area contributed by atoms with E-state index in [0.717, 1.165) is 23.2 Å². The Hall–Kier alpha value is -1.77. The summed E-state index contributed by atoms with van der Waals surface area (Å²) in [6.07, 6.45) is 2.45. The molecule has 2 nitrogen and oxygen atoms in total. The van der Waals surface area contributed by atoms with Crippen molar-refractivity contribution in [3.05, 3.63) is 75.3 Å². The van der Waals surface area contributed by atoms with Gasteiger partial charge in [0.1, 0.15) is 0 Å². The topological polar surface area (TPSA) is 29.1 Å². The maximum absolute atomic E-state index is 12.5. The Morgan fingerprint density at radius 1 is 1.13 bits per heavy atom. The highest BCUT2D eigenvalue weighted by Crippen LogP contribution is 2.35. The van der Waals surface area contributed by atoms with E-state index in [1.165, 1.54) is 0 Å². The third-order valence-electron chi connectivity index (χ3n) is 3.88. The van der Waals surface area contributed by atoms with Crippen molar-refractivity contribution in [1.82, 2.24) is 5.32 Å². The van der Waals surface area contributed by atoms with E-state index in [0.29, 0.717) is 15.6 Å². The van der Waals surface area contributed by atoms with Crippen LogP contribution in [-0.2, 0) is 6.42 Å². The highest BCUT2D eigenvalue weighted by Gasteiger charge is 2.28. The molecule has 1 aliphatic rings. The fourth-order valence-electron chi connectivity index (χ4n) is 2.87. The van der Waals surface area contributed by atoms with Crippen LogP contribution >= 0.6 is 23.2 Å². The van der Waals surface area contributed by atoms with Gasteiger partial charge in [-0.15, -0.1) is 0 Å². The van der Waals surface area contributed by atoms with Crippen molar-refractivity contribution in [2.75, 3.05) is 0 Å². The summed E-state index contributed by atoms with van der Waals surface area (Å²) in [5.41, 5.74) is 3.31. The van der Waals surface area contributed by atoms with Gasteiger partial charge in [0.25, 0.3) is 0 Å². The largest absolute Gasteiger partial charge is 0.379 e. The summed E-state index contributed by atoms with van der Waals surface area (Å²) < 4.78 is 0. The van der Waals surface area contributed by atoms with Crippen LogP contribution in [0.15, 0.2) is 48.5 Å². The molecule has 0 saturated carbocycles. The lowest BCUT2D eigenvalue weighted by molar-refractivity contribution is 0.104. The lowest BCUT2D eigenvalue weighted by atomic mass is 9.85. The van der Waals surface area contributed by atoms with Gasteiger partial charge in [-0.1, -0.05) is 53.5 Å². The molecule has 118 valence electrons. The van der Waals surface area contributed by atoms with Crippen LogP contribution < -0.4 is 5.32 Å². The van der Waals surface area contributed by atoms with Crippen LogP contribution in [0.5, 0.6) is 0 Å². The molecule has 0 saturated heterocycles. The summed E-state index contributed by atoms with van der Waals surface area (Å²) >= 11 is 12.3. The van der Waals surface area contributed by atoms with Crippen LogP contribution in [0.4, 0.5) is 0 Å². The number of nitrogens with one attached hydrogen (secondary N) is 1. The van der Waals surface area contributed by atoms with Crippen LogP contribution in [0.3, 0.4) is 0 Å². The highest BCUT2D eigenvalue weighted by atomic mass is 35.5. The first-order valence-corrected chi connectivity index (χ1v) is 8.19. The van der Waals surface area contributed by atoms with E-state index in [1.54, 1.807) is 6.08 Å². The van der Waals surface area contributed by atoms with E-state index >= 15 is 0 Å². The molecule has 0 bridgehead atoms. The minimum atomic E-state index is -0.160. The third-order valence-corrected chi connectivity index (χ3v) is 4.60. The fraction of sp³-hybridized carbons (Fsp3) is 0.211. The highest BCUT2D eigenvalue weighted by molar-refractivity contribution is 6.42. The van der Waals surface area contributed by atoms with Crippen LogP contribution in [0.1, 0.15) is 35.3 Å². The Labute approximate surface area is 146 Å². The number of rotatable bonds is 2. The van der Waals surface area contributed by atoms with Crippen molar-refractivity contribution in [1.29, 1.82) is 0 Å². The lowest BCUT2D eigenvalue weighted by Crippen LogP contribution is -2.43. The maximum Gasteiger partial charge on any atom is 0.187 e. The summed E-state index contributed by atoms with van der Waals surface area (Å²) in [6.45, 7) is 4.19. The number of allylic oxidation sites excluding steroid dienone is 1. The van der Waals surface area contributed by atoms with E-state index in [-0.39, 0.29) is 11.3 Å². The quantitative estimate of drug-likeness (QED) is 0.602. The van der Waals surface area contributed by atoms with Gasteiger partial charge in [-0.05, 0) is 38.0 Å². The van der Waals surface area contributed by atoms with E-state index in [2.05, 4.69) is 19.2 Å². The smallest absolute Gasteiger partial charge is 0.187 e. The second-order valence-electron chi connectivity index (χ2n) is 6.40. The molecule has 2 aromatic rings. The molecule has 4 heteroatoms. The maximum atomic E-state index is 12.5. The zero-order valence-corrected chi connectivity index (χ0v) is 14.5. The van der Waals surface area contributed by atoms with Crippen molar-refractivity contribution in [3.8, 4) is 0 Å². The summed E-state index contributed by atoms with van der Waals surface area (Å²) in [5.74, 6) is -0.0391. The molecular weight excluding hydrogens is 329 g/mol. The molecule has 3 rings (SSSR count). The normalized spacial score (nSPS) is 17.5. The summed E-state index contributed by atoms with van der Waals surface area (Å²) in [7, 11) is 0. The molecule has 0 fully saturated rings. The van der Waals surface area contributed by atoms with Crippen LogP contribution in [0, 0.1) is 0 Å². The van der Waals surface area contributed by atoms with Crippen molar-refractivity contribution >= 4 is 34.7 Å². The first-order valence-electron chi connectivity index (χ1n) is 7.43. The Morgan fingerprint density at radius 2 is 1.78 bits per heavy atom. The van der Waals surface area contributed by atoms with Crippen molar-refractivity contribution in [2.45, 2.75) is 25.8 Å². The number of hydrogen-bond donors (Lipinski definition) is 1. The minimum absolute atomic E-state index is 0.0391. The second kappa shape index (κ2) is 6.03. The molecule has 0 radical (unpaired) electrons. The predicted octanol–water partition coefficient (Wildman–Crippen LogP) is 5.14. The first kappa shape index (κ1) is 16.1. The number of hydrogen-bond acceptors (Lipinski definition) is 2. The van der Waals surface area contributed by atoms with Crippen LogP contribution in [0.2, 0.25) is 10.0 Å². The Balaban J connectivity index is 2.07. The molecule has 1 aliphatic heterocycles. The summed E-state index contributed by atoms with van der Waals surface area (Å²) in [4.78, 5) is 12.5. The van der Waals surface area contributed by atoms with Crippen molar-refractivity contribution in [2.24, 2.45) is 0 Å². The molecule has 0 unspecified atom stereocenters. The van der Waals surface area contributed by atoms with Gasteiger partial charge in [-0.3, -0.25) is 4.79 Å². The fourth-order valence-corrected chi connectivity index (χ4v) is 3.22. The average molecular weight is 346 g/mol. The van der Waals surface area contributed by atoms with Gasteiger partial charge in [-0.2, -0.15) is 0 Å². The Kier molecular flexibility index (Phi) is 4.22. The molecule has 0 amide bonds. The van der Waals surface area contributed by atoms with Gasteiger partial charge in [0.05, 0.1) is 10.0 Å². The first-order chi connectivity index (χ1) is 10.9. The van der Waals surface area contributed by atoms with Gasteiger partial charge in [0, 0.05) is 28.4 Å². The third kappa shape index (κ3) is 3.44. The number of benzene rings is 2. The summed E-state index contributed by atoms with van der Waals surface area (Å²) in [6, 6.07) is 12.9. The monoisotopic (exact) mass is 345 g/mol. The van der Waals surface area contributed by atoms with Gasteiger partial charge in [0.2, 0.25) is 0 Å². The standard InChI is InChI=1S/C19H17Cl2NO/c1-19(2)11-13-8-15(20)16(21)9-14(13)17(22-19)10-18(23)12-6-4-3-5-7-12/h3-10,22H,11H2,1-2H3. The Bertz CT molecular complexity index is 795. The number of halogens is 2. The number of fused-ring (bicyclic) bond motifs is 1. The molecule has 0 atom stereocenters. The lowest BCUT2D eigenvalue weighted by Gasteiger charge is -2.35. The van der Waals surface area contributed by atoms with Gasteiger partial charge in [-0.25, -0.2) is 0 Å². The molecule has 0 aliphatic carbocycles. The van der Waals surface area contributed by atoms with E-state index in [9.17, 15) is 4.79 Å². The van der Waals surface area contributed by atoms with E-state index in [4.69, 9.17) is 23.2 Å². The molecule has 1 N–H and O–H groups in total. The average Bonchev–Trinajstić information content (AvgIpc) is 2.49. The minimum Gasteiger partial charge on any atom is -0.379 e. The van der Waals surface area contributed by atoms with Crippen LogP contribution in [0.25, 0.3) is 5.70 Å². The molecule has 2 aromatic carbocycles. The van der Waals surface area contributed by atoms with Crippen molar-refractivity contribution in [3.63, 3.8) is 0 Å². The van der Waals surface area contributed by atoms with Crippen molar-refractivity contribution < 1.29 is 4.79 Å². The molecule has 0 aromatic heterocycles. The molecule has 23 heavy (non-hydrogen) atoms. The second-order valence-corrected chi connectivity index (χ2v) is 7.21.